The van der Waals surface area contributed by atoms with E-state index in [1.807, 2.05) is 26.8 Å². The number of carbonyl (C=O) groups is 4. The molecular formula is C34H44O10. The second-order valence-electron chi connectivity index (χ2n) is 13.8. The minimum Gasteiger partial charge on any atom is -0.472 e. The molecule has 2 aliphatic heterocycles. The average molecular weight is 613 g/mol. The normalized spacial score (nSPS) is 39.3. The first-order chi connectivity index (χ1) is 20.6. The van der Waals surface area contributed by atoms with E-state index in [-0.39, 0.29) is 18.4 Å². The highest BCUT2D eigenvalue weighted by Gasteiger charge is 2.84. The Morgan fingerprint density at radius 1 is 1.16 bits per heavy atom. The molecule has 240 valence electrons. The zero-order valence-corrected chi connectivity index (χ0v) is 26.8. The van der Waals surface area contributed by atoms with Crippen LogP contribution < -0.4 is 0 Å². The van der Waals surface area contributed by atoms with Crippen molar-refractivity contribution >= 4 is 23.9 Å². The van der Waals surface area contributed by atoms with Crippen molar-refractivity contribution in [2.45, 2.75) is 103 Å². The molecule has 3 heterocycles. The fraction of sp³-hybridized carbons (Fsp3) is 0.647. The summed E-state index contributed by atoms with van der Waals surface area (Å²) in [6.45, 7) is 17.1. The van der Waals surface area contributed by atoms with Crippen LogP contribution >= 0.6 is 0 Å². The lowest BCUT2D eigenvalue weighted by Gasteiger charge is -2.58. The first-order valence-corrected chi connectivity index (χ1v) is 15.3. The molecule has 1 aromatic heterocycles. The summed E-state index contributed by atoms with van der Waals surface area (Å²) in [5.41, 5.74) is -2.49. The summed E-state index contributed by atoms with van der Waals surface area (Å²) in [4.78, 5) is 52.3. The summed E-state index contributed by atoms with van der Waals surface area (Å²) in [7, 11) is 1.30. The Morgan fingerprint density at radius 2 is 1.86 bits per heavy atom. The molecule has 0 aromatic carbocycles. The third-order valence-corrected chi connectivity index (χ3v) is 11.1. The fourth-order valence-electron chi connectivity index (χ4n) is 8.70. The van der Waals surface area contributed by atoms with E-state index >= 15 is 0 Å². The summed E-state index contributed by atoms with van der Waals surface area (Å²) in [6, 6.07) is 1.89. The maximum Gasteiger partial charge on any atom is 0.330 e. The largest absolute Gasteiger partial charge is 0.472 e. The number of esters is 4. The van der Waals surface area contributed by atoms with Crippen molar-refractivity contribution in [3.8, 4) is 0 Å². The predicted molar refractivity (Wildman–Crippen MR) is 157 cm³/mol. The lowest BCUT2D eigenvalue weighted by atomic mass is 9.48. The van der Waals surface area contributed by atoms with Gasteiger partial charge in [0.1, 0.15) is 23.4 Å². The van der Waals surface area contributed by atoms with Crippen molar-refractivity contribution in [1.82, 2.24) is 0 Å². The van der Waals surface area contributed by atoms with Gasteiger partial charge in [-0.2, -0.15) is 0 Å². The summed E-state index contributed by atoms with van der Waals surface area (Å²) >= 11 is 0. The molecule has 1 spiro atoms. The molecule has 3 fully saturated rings. The van der Waals surface area contributed by atoms with Gasteiger partial charge < -0.3 is 28.1 Å². The lowest BCUT2D eigenvalue weighted by molar-refractivity contribution is -0.211. The maximum atomic E-state index is 13.6. The number of hydrogen-bond donors (Lipinski definition) is 0. The van der Waals surface area contributed by atoms with Crippen LogP contribution in [0.1, 0.15) is 79.2 Å². The fourth-order valence-corrected chi connectivity index (χ4v) is 8.70. The highest BCUT2D eigenvalue weighted by molar-refractivity contribution is 5.83. The second kappa shape index (κ2) is 10.9. The molecule has 2 aliphatic carbocycles. The number of cyclic esters (lactones) is 1. The van der Waals surface area contributed by atoms with Gasteiger partial charge in [0, 0.05) is 36.2 Å². The molecule has 44 heavy (non-hydrogen) atoms. The number of rotatable bonds is 8. The Labute approximate surface area is 258 Å². The van der Waals surface area contributed by atoms with Crippen LogP contribution in [0.3, 0.4) is 0 Å². The molecule has 10 nitrogen and oxygen atoms in total. The molecule has 5 rings (SSSR count). The molecule has 1 aromatic rings. The molecule has 0 radical (unpaired) electrons. The number of allylic oxidation sites excluding steroid dienone is 1. The standard InChI is InChI=1S/C34H44O10/c1-10-18(2)30(38)42-29-28(41-20(4)35)27(32(7)13-11-25(36)44-31(5,6)23(32)16-26(37)39-9)19(3)34-24(43-34)15-22(33(29,34)8)21-12-14-40-17-21/h11-14,17-18,22-24,27-29H,3,10,15-16H2,1-2,4-9H3/t18?,22-,23-,24+,27+,28+,29-,32-,33+,34+/m0/s1. The van der Waals surface area contributed by atoms with Gasteiger partial charge in [-0.25, -0.2) is 4.79 Å². The van der Waals surface area contributed by atoms with Crippen LogP contribution in [-0.2, 0) is 42.9 Å². The van der Waals surface area contributed by atoms with Gasteiger partial charge >= 0.3 is 23.9 Å². The smallest absolute Gasteiger partial charge is 0.330 e. The van der Waals surface area contributed by atoms with Crippen LogP contribution in [-0.4, -0.2) is 60.5 Å². The number of carbonyl (C=O) groups excluding carboxylic acids is 4. The van der Waals surface area contributed by atoms with E-state index in [1.54, 1.807) is 39.4 Å². The summed E-state index contributed by atoms with van der Waals surface area (Å²) in [5.74, 6) is -4.03. The number of methoxy groups -OCH3 is 1. The van der Waals surface area contributed by atoms with Crippen molar-refractivity contribution in [3.63, 3.8) is 0 Å². The Kier molecular flexibility index (Phi) is 7.92. The van der Waals surface area contributed by atoms with Crippen LogP contribution in [0.5, 0.6) is 0 Å². The first kappa shape index (κ1) is 32.0. The monoisotopic (exact) mass is 612 g/mol. The number of epoxide rings is 1. The van der Waals surface area contributed by atoms with Gasteiger partial charge in [-0.3, -0.25) is 14.4 Å². The topological polar surface area (TPSA) is 131 Å². The van der Waals surface area contributed by atoms with Crippen molar-refractivity contribution in [2.75, 3.05) is 7.11 Å². The summed E-state index contributed by atoms with van der Waals surface area (Å²) in [5, 5.41) is 0. The van der Waals surface area contributed by atoms with Crippen molar-refractivity contribution in [3.05, 3.63) is 48.5 Å². The molecule has 0 N–H and O–H groups in total. The van der Waals surface area contributed by atoms with Gasteiger partial charge in [0.05, 0.1) is 43.5 Å². The van der Waals surface area contributed by atoms with E-state index in [0.717, 1.165) is 5.56 Å². The SMILES string of the molecule is C=C1[C@@H]([C@@]2(C)C=CC(=O)OC(C)(C)[C@@H]2CC(=O)OC)[C@@H](OC(C)=O)[C@H](OC(=O)C(C)CC)[C@@]2(C)[C@H](c3ccoc3)C[C@H]3O[C@]132. The Hall–Kier alpha value is -3.40. The quantitative estimate of drug-likeness (QED) is 0.170. The molecular weight excluding hydrogens is 568 g/mol. The second-order valence-corrected chi connectivity index (χ2v) is 13.8. The molecule has 0 bridgehead atoms. The minimum absolute atomic E-state index is 0.0995. The van der Waals surface area contributed by atoms with E-state index in [0.29, 0.717) is 18.4 Å². The van der Waals surface area contributed by atoms with Gasteiger partial charge in [0.15, 0.2) is 0 Å². The highest BCUT2D eigenvalue weighted by atomic mass is 16.6. The number of hydrogen-bond acceptors (Lipinski definition) is 10. The van der Waals surface area contributed by atoms with E-state index in [4.69, 9.17) is 28.1 Å². The molecule has 10 heteroatoms. The highest BCUT2D eigenvalue weighted by Crippen LogP contribution is 2.76. The van der Waals surface area contributed by atoms with Gasteiger partial charge in [0.2, 0.25) is 0 Å². The molecule has 1 saturated heterocycles. The van der Waals surface area contributed by atoms with E-state index in [2.05, 4.69) is 6.58 Å². The minimum atomic E-state index is -1.15. The summed E-state index contributed by atoms with van der Waals surface area (Å²) < 4.78 is 35.6. The zero-order chi connectivity index (χ0) is 32.4. The maximum absolute atomic E-state index is 13.6. The Balaban J connectivity index is 1.75. The van der Waals surface area contributed by atoms with Crippen LogP contribution in [0, 0.1) is 28.6 Å². The average Bonchev–Trinajstić information content (AvgIpc) is 3.33. The molecule has 4 aliphatic rings. The van der Waals surface area contributed by atoms with Gasteiger partial charge in [-0.15, -0.1) is 0 Å². The Morgan fingerprint density at radius 3 is 2.45 bits per heavy atom. The Bertz CT molecular complexity index is 1380. The molecule has 0 amide bonds. The van der Waals surface area contributed by atoms with Crippen molar-refractivity contribution < 1.29 is 47.3 Å². The van der Waals surface area contributed by atoms with Gasteiger partial charge in [-0.05, 0) is 43.9 Å². The van der Waals surface area contributed by atoms with E-state index in [9.17, 15) is 19.2 Å². The van der Waals surface area contributed by atoms with Gasteiger partial charge in [0.25, 0.3) is 0 Å². The van der Waals surface area contributed by atoms with Crippen LogP contribution in [0.15, 0.2) is 47.3 Å². The molecule has 2 saturated carbocycles. The van der Waals surface area contributed by atoms with Crippen LogP contribution in [0.25, 0.3) is 0 Å². The van der Waals surface area contributed by atoms with Crippen LogP contribution in [0.2, 0.25) is 0 Å². The van der Waals surface area contributed by atoms with Crippen LogP contribution in [0.4, 0.5) is 0 Å². The molecule has 1 unspecified atom stereocenters. The molecule has 10 atom stereocenters. The number of furan rings is 1. The summed E-state index contributed by atoms with van der Waals surface area (Å²) in [6.07, 6.45) is 5.17. The lowest BCUT2D eigenvalue weighted by Crippen LogP contribution is -2.66. The number of ether oxygens (including phenoxy) is 5. The van der Waals surface area contributed by atoms with Crippen molar-refractivity contribution in [2.24, 2.45) is 28.6 Å². The predicted octanol–water partition coefficient (Wildman–Crippen LogP) is 5.06. The first-order valence-electron chi connectivity index (χ1n) is 15.3. The third-order valence-electron chi connectivity index (χ3n) is 11.1. The van der Waals surface area contributed by atoms with E-state index < -0.39 is 75.9 Å². The zero-order valence-electron chi connectivity index (χ0n) is 26.8. The van der Waals surface area contributed by atoms with E-state index in [1.165, 1.54) is 20.1 Å². The van der Waals surface area contributed by atoms with Crippen molar-refractivity contribution in [1.29, 1.82) is 0 Å². The third kappa shape index (κ3) is 4.63. The van der Waals surface area contributed by atoms with Gasteiger partial charge in [-0.1, -0.05) is 40.3 Å².